The fraction of sp³-hybridized carbons (Fsp3) is 0.550. The minimum absolute atomic E-state index is 0.101. The summed E-state index contributed by atoms with van der Waals surface area (Å²) in [5.41, 5.74) is 3.51. The summed E-state index contributed by atoms with van der Waals surface area (Å²) in [7, 11) is 0. The highest BCUT2D eigenvalue weighted by Gasteiger charge is 2.32. The molecule has 0 bridgehead atoms. The van der Waals surface area contributed by atoms with E-state index in [0.29, 0.717) is 18.2 Å². The van der Waals surface area contributed by atoms with Gasteiger partial charge in [0.15, 0.2) is 0 Å². The molecule has 1 fully saturated rings. The lowest BCUT2D eigenvalue weighted by Gasteiger charge is -2.33. The van der Waals surface area contributed by atoms with Crippen molar-refractivity contribution in [3.8, 4) is 0 Å². The fourth-order valence-electron chi connectivity index (χ4n) is 4.25. The van der Waals surface area contributed by atoms with Crippen LogP contribution in [-0.2, 0) is 30.6 Å². The van der Waals surface area contributed by atoms with Crippen LogP contribution in [0.1, 0.15) is 29.7 Å². The predicted molar refractivity (Wildman–Crippen MR) is 97.5 cm³/mol. The van der Waals surface area contributed by atoms with Crippen LogP contribution in [-0.4, -0.2) is 50.6 Å². The summed E-state index contributed by atoms with van der Waals surface area (Å²) < 4.78 is 1.88. The second-order valence-electron chi connectivity index (χ2n) is 7.55. The number of hydrogen-bond donors (Lipinski definition) is 1. The zero-order valence-corrected chi connectivity index (χ0v) is 15.0. The molecular weight excluding hydrogens is 328 g/mol. The van der Waals surface area contributed by atoms with Crippen molar-refractivity contribution in [3.63, 3.8) is 0 Å². The first-order valence-corrected chi connectivity index (χ1v) is 9.58. The van der Waals surface area contributed by atoms with Crippen molar-refractivity contribution in [2.75, 3.05) is 19.7 Å². The minimum atomic E-state index is 0.101. The van der Waals surface area contributed by atoms with E-state index in [2.05, 4.69) is 39.5 Å². The van der Waals surface area contributed by atoms with Crippen molar-refractivity contribution in [3.05, 3.63) is 47.3 Å². The molecule has 1 saturated heterocycles. The van der Waals surface area contributed by atoms with Gasteiger partial charge >= 0.3 is 0 Å². The van der Waals surface area contributed by atoms with E-state index in [0.717, 1.165) is 51.0 Å². The van der Waals surface area contributed by atoms with Gasteiger partial charge in [-0.2, -0.15) is 0 Å². The minimum Gasteiger partial charge on any atom is -0.396 e. The number of amides is 1. The van der Waals surface area contributed by atoms with E-state index >= 15 is 0 Å². The summed E-state index contributed by atoms with van der Waals surface area (Å²) >= 11 is 0. The molecule has 0 saturated carbocycles. The topological polar surface area (TPSA) is 71.2 Å². The van der Waals surface area contributed by atoms with Crippen LogP contribution in [0.25, 0.3) is 0 Å². The Balaban J connectivity index is 1.27. The Labute approximate surface area is 153 Å². The van der Waals surface area contributed by atoms with Crippen LogP contribution in [0.2, 0.25) is 0 Å². The van der Waals surface area contributed by atoms with E-state index in [4.69, 9.17) is 5.11 Å². The van der Waals surface area contributed by atoms with Gasteiger partial charge in [-0.1, -0.05) is 29.5 Å². The van der Waals surface area contributed by atoms with Crippen LogP contribution in [0.3, 0.4) is 0 Å². The third-order valence-corrected chi connectivity index (χ3v) is 5.73. The third kappa shape index (κ3) is 3.65. The van der Waals surface area contributed by atoms with E-state index < -0.39 is 0 Å². The maximum absolute atomic E-state index is 12.9. The van der Waals surface area contributed by atoms with E-state index in [1.807, 2.05) is 10.9 Å². The van der Waals surface area contributed by atoms with Crippen LogP contribution in [0.5, 0.6) is 0 Å². The van der Waals surface area contributed by atoms with Crippen LogP contribution in [0.4, 0.5) is 0 Å². The number of carbonyl (C=O) groups excluding carboxylic acids is 1. The molecular formula is C20H26N4O2. The number of aliphatic hydroxyl groups is 1. The molecule has 1 aromatic carbocycles. The van der Waals surface area contributed by atoms with Crippen LogP contribution in [0, 0.1) is 11.8 Å². The Bertz CT molecular complexity index is 740. The summed E-state index contributed by atoms with van der Waals surface area (Å²) in [4.78, 5) is 14.9. The van der Waals surface area contributed by atoms with Crippen molar-refractivity contribution in [2.45, 2.75) is 38.6 Å². The van der Waals surface area contributed by atoms with Gasteiger partial charge < -0.3 is 10.0 Å². The number of likely N-dealkylation sites (tertiary alicyclic amines) is 1. The number of hydrogen-bond acceptors (Lipinski definition) is 4. The first-order chi connectivity index (χ1) is 12.7. The molecule has 0 atom stereocenters. The second kappa shape index (κ2) is 7.58. The average molecular weight is 354 g/mol. The van der Waals surface area contributed by atoms with E-state index in [1.165, 1.54) is 11.1 Å². The van der Waals surface area contributed by atoms with Gasteiger partial charge in [-0.15, -0.1) is 5.10 Å². The number of benzene rings is 1. The van der Waals surface area contributed by atoms with Gasteiger partial charge in [0.1, 0.15) is 0 Å². The zero-order valence-electron chi connectivity index (χ0n) is 15.0. The van der Waals surface area contributed by atoms with E-state index in [-0.39, 0.29) is 12.5 Å². The number of fused-ring (bicyclic) bond motifs is 1. The molecule has 0 spiro atoms. The Hall–Kier alpha value is -2.21. The molecule has 1 aliphatic heterocycles. The molecule has 6 nitrogen and oxygen atoms in total. The number of aromatic nitrogens is 3. The van der Waals surface area contributed by atoms with Crippen LogP contribution >= 0.6 is 0 Å². The number of nitrogens with zero attached hydrogens (tertiary/aromatic N) is 4. The molecule has 0 unspecified atom stereocenters. The quantitative estimate of drug-likeness (QED) is 0.883. The fourth-order valence-corrected chi connectivity index (χ4v) is 4.25. The SMILES string of the molecule is O=C(C1Cc2ccccc2C1)N1CCC(Cn2cc(CCO)nn2)CC1. The van der Waals surface area contributed by atoms with Gasteiger partial charge in [-0.3, -0.25) is 9.48 Å². The maximum atomic E-state index is 12.9. The summed E-state index contributed by atoms with van der Waals surface area (Å²) in [6.07, 6.45) is 6.28. The molecule has 2 aliphatic rings. The summed E-state index contributed by atoms with van der Waals surface area (Å²) in [5.74, 6) is 0.981. The maximum Gasteiger partial charge on any atom is 0.226 e. The predicted octanol–water partition coefficient (Wildman–Crippen LogP) is 1.47. The van der Waals surface area contributed by atoms with Gasteiger partial charge in [0.05, 0.1) is 5.69 Å². The van der Waals surface area contributed by atoms with Gasteiger partial charge in [0, 0.05) is 44.8 Å². The number of aliphatic hydroxyl groups excluding tert-OH is 1. The highest BCUT2D eigenvalue weighted by molar-refractivity contribution is 5.80. The number of carbonyl (C=O) groups is 1. The molecule has 26 heavy (non-hydrogen) atoms. The lowest BCUT2D eigenvalue weighted by molar-refractivity contribution is -0.136. The Morgan fingerprint density at radius 1 is 1.15 bits per heavy atom. The molecule has 2 aromatic rings. The molecule has 4 rings (SSSR count). The Morgan fingerprint density at radius 2 is 1.85 bits per heavy atom. The Morgan fingerprint density at radius 3 is 2.50 bits per heavy atom. The first-order valence-electron chi connectivity index (χ1n) is 9.58. The molecule has 138 valence electrons. The summed E-state index contributed by atoms with van der Waals surface area (Å²) in [6, 6.07) is 8.43. The standard InChI is InChI=1S/C20H26N4O2/c25-10-7-19-14-24(22-21-19)13-15-5-8-23(9-6-15)20(26)18-11-16-3-1-2-4-17(16)12-18/h1-4,14-15,18,25H,5-13H2. The normalized spacial score (nSPS) is 18.3. The van der Waals surface area contributed by atoms with Gasteiger partial charge in [0.25, 0.3) is 0 Å². The van der Waals surface area contributed by atoms with Crippen molar-refractivity contribution >= 4 is 5.91 Å². The second-order valence-corrected chi connectivity index (χ2v) is 7.55. The van der Waals surface area contributed by atoms with Crippen molar-refractivity contribution in [2.24, 2.45) is 11.8 Å². The lowest BCUT2D eigenvalue weighted by atomic mass is 9.95. The van der Waals surface area contributed by atoms with Crippen LogP contribution < -0.4 is 0 Å². The Kier molecular flexibility index (Phi) is 5.02. The summed E-state index contributed by atoms with van der Waals surface area (Å²) in [6.45, 7) is 2.63. The van der Waals surface area contributed by atoms with Crippen LogP contribution in [0.15, 0.2) is 30.5 Å². The first kappa shape index (κ1) is 17.2. The smallest absolute Gasteiger partial charge is 0.226 e. The summed E-state index contributed by atoms with van der Waals surface area (Å²) in [5, 5.41) is 17.2. The molecule has 1 amide bonds. The molecule has 1 aliphatic carbocycles. The highest BCUT2D eigenvalue weighted by Crippen LogP contribution is 2.29. The average Bonchev–Trinajstić information content (AvgIpc) is 3.29. The van der Waals surface area contributed by atoms with Gasteiger partial charge in [-0.05, 0) is 42.7 Å². The zero-order chi connectivity index (χ0) is 17.9. The number of piperidine rings is 1. The third-order valence-electron chi connectivity index (χ3n) is 5.73. The highest BCUT2D eigenvalue weighted by atomic mass is 16.3. The van der Waals surface area contributed by atoms with Crippen molar-refractivity contribution in [1.29, 1.82) is 0 Å². The monoisotopic (exact) mass is 354 g/mol. The molecule has 1 N–H and O–H groups in total. The van der Waals surface area contributed by atoms with Crippen molar-refractivity contribution < 1.29 is 9.90 Å². The largest absolute Gasteiger partial charge is 0.396 e. The van der Waals surface area contributed by atoms with Crippen molar-refractivity contribution in [1.82, 2.24) is 19.9 Å². The molecule has 1 aromatic heterocycles. The molecule has 2 heterocycles. The van der Waals surface area contributed by atoms with Gasteiger partial charge in [-0.25, -0.2) is 0 Å². The molecule has 6 heteroatoms. The van der Waals surface area contributed by atoms with Gasteiger partial charge in [0.2, 0.25) is 5.91 Å². The van der Waals surface area contributed by atoms with E-state index in [9.17, 15) is 4.79 Å². The molecule has 0 radical (unpaired) electrons. The lowest BCUT2D eigenvalue weighted by Crippen LogP contribution is -2.42. The number of rotatable bonds is 5. The van der Waals surface area contributed by atoms with E-state index in [1.54, 1.807) is 0 Å².